The molecular formula is C102H92F13N21O7S. The molecule has 144 heavy (non-hydrogen) atoms. The Kier molecular flexibility index (Phi) is 29.3. The Morgan fingerprint density at radius 1 is 0.382 bits per heavy atom. The molecule has 0 atom stereocenters. The molecule has 28 nitrogen and oxygen atoms in total. The number of piperidine rings is 2. The largest absolute Gasteiger partial charge is 0.416 e. The Morgan fingerprint density at radius 2 is 0.701 bits per heavy atom. The summed E-state index contributed by atoms with van der Waals surface area (Å²) in [5, 5.41) is 49.7. The number of fused-ring (bicyclic) bond motifs is 4. The summed E-state index contributed by atoms with van der Waals surface area (Å²) in [6, 6.07) is 45.6. The molecule has 0 radical (unpaired) electrons. The maximum atomic E-state index is 13.5. The topological polar surface area (TPSA) is 363 Å². The van der Waals surface area contributed by atoms with Crippen molar-refractivity contribution in [2.75, 3.05) is 78.5 Å². The van der Waals surface area contributed by atoms with Crippen LogP contribution in [0.25, 0.3) is 88.1 Å². The molecule has 7 aromatic carbocycles. The van der Waals surface area contributed by atoms with E-state index in [9.17, 15) is 89.8 Å². The van der Waals surface area contributed by atoms with Crippen molar-refractivity contribution in [3.63, 3.8) is 0 Å². The molecule has 744 valence electrons. The highest BCUT2D eigenvalue weighted by atomic mass is 32.2. The van der Waals surface area contributed by atoms with Gasteiger partial charge in [-0.1, -0.05) is 24.3 Å². The fraction of sp³-hybridized carbons (Fsp3) is 0.265. The lowest BCUT2D eigenvalue weighted by molar-refractivity contribution is -0.138. The molecule has 4 aliphatic heterocycles. The minimum absolute atomic E-state index is 0.0333. The van der Waals surface area contributed by atoms with Crippen molar-refractivity contribution in [2.45, 2.75) is 125 Å². The van der Waals surface area contributed by atoms with Crippen LogP contribution in [0, 0.1) is 0 Å². The molecule has 0 aliphatic carbocycles. The Balaban J connectivity index is 0.000000132. The van der Waals surface area contributed by atoms with Crippen LogP contribution in [0.1, 0.15) is 134 Å². The van der Waals surface area contributed by atoms with E-state index in [4.69, 9.17) is 0 Å². The zero-order chi connectivity index (χ0) is 102. The highest BCUT2D eigenvalue weighted by Crippen LogP contribution is 2.39. The van der Waals surface area contributed by atoms with Crippen LogP contribution in [0.5, 0.6) is 0 Å². The zero-order valence-corrected chi connectivity index (χ0v) is 77.7. The molecule has 9 N–H and O–H groups in total. The van der Waals surface area contributed by atoms with Crippen LogP contribution in [0.4, 0.5) is 85.5 Å². The third-order valence-corrected chi connectivity index (χ3v) is 27.0. The summed E-state index contributed by atoms with van der Waals surface area (Å²) in [6.45, 7) is 9.22. The van der Waals surface area contributed by atoms with Gasteiger partial charge in [0.2, 0.25) is 0 Å². The lowest BCUT2D eigenvalue weighted by Gasteiger charge is -2.31. The molecule has 4 saturated heterocycles. The molecule has 9 aromatic heterocycles. The van der Waals surface area contributed by atoms with Gasteiger partial charge in [0.25, 0.3) is 35.5 Å². The first-order chi connectivity index (χ1) is 68.7. The number of hydrogen-bond acceptors (Lipinski definition) is 20. The van der Waals surface area contributed by atoms with Crippen molar-refractivity contribution in [1.82, 2.24) is 80.4 Å². The van der Waals surface area contributed by atoms with Crippen LogP contribution in [0.2, 0.25) is 0 Å². The van der Waals surface area contributed by atoms with Crippen LogP contribution < -0.4 is 26.2 Å². The van der Waals surface area contributed by atoms with Gasteiger partial charge in [-0.3, -0.25) is 74.2 Å². The summed E-state index contributed by atoms with van der Waals surface area (Å²) in [5.74, 6) is -7.38. The summed E-state index contributed by atoms with van der Waals surface area (Å²) in [5.41, 5.74) is 12.3. The average molecular weight is 2000 g/mol. The second-order valence-electron chi connectivity index (χ2n) is 35.7. The number of aromatic nitrogens is 13. The lowest BCUT2D eigenvalue weighted by Crippen LogP contribution is -2.38. The standard InChI is InChI=1S/C27H30N6O4S.C26H22F5N5O.C25H20F5N5O.C24H20F3N5O/c1-17(2)38(36,37)25-6-4-21(15-29-25)30-27(35)26-23-12-19(3-5-24(23)31-32-26)20-11-18(13-28-14-20)16-33-9-7-22(34)8-10-33;27-25(28)7-9-36(10-8-25)15-16-11-18(14-32-13-16)17-1-6-22-21(12-17)23(35-34-22)24(37)33-20-4-2-19(3-5-20)26(29,30)31;26-24(27)7-8-35(14-24)13-15-9-17(12-31-11-15)16-1-6-21-20(10-16)22(34-33-21)23(36)32-19-4-2-18(3-5-19)25(28,29)30;25-24(26,27)17-4-6-18(7-5-17)29-23(33)22-20-12-15(3-8-21(20)30-31-22)16-11-19(14-28-13-16)32-9-1-2-10-32/h3-6,11-15,17,22,34H,7-10,16H2,1-2H3,(H,30,35)(H,31,32);1-6,11-14H,7-10,15H2,(H,33,37)(H,34,35);1-6,9-12H,7-8,13-14H2,(H,32,36)(H,33,34);3-8,11-14H,1-2,9-10H2,(H,29,33)(H,30,31). The fourth-order valence-corrected chi connectivity index (χ4v) is 18.0. The molecule has 13 heterocycles. The SMILES string of the molecule is CC(C)S(=O)(=O)c1ccc(NC(=O)c2n[nH]c3ccc(-c4cncc(CN5CCC(O)CC5)c4)cc23)cn1.O=C(Nc1ccc(C(F)(F)F)cc1)c1n[nH]c2ccc(-c3cncc(CN4CCC(F)(F)C4)c3)cc12.O=C(Nc1ccc(C(F)(F)F)cc1)c1n[nH]c2ccc(-c3cncc(CN4CCC(F)(F)CC4)c3)cc12.O=C(Nc1ccc(C(F)(F)F)cc1)c1n[nH]c2ccc(-c3cncc(N4CCCC4)c3)cc12. The monoisotopic (exact) mass is 2000 g/mol. The molecule has 4 amide bonds. The van der Waals surface area contributed by atoms with Gasteiger partial charge in [-0.2, -0.15) is 59.9 Å². The summed E-state index contributed by atoms with van der Waals surface area (Å²) in [4.78, 5) is 81.2. The van der Waals surface area contributed by atoms with Crippen LogP contribution in [0.15, 0.2) is 243 Å². The van der Waals surface area contributed by atoms with Gasteiger partial charge < -0.3 is 31.3 Å². The normalized spacial score (nSPS) is 15.4. The minimum atomic E-state index is -4.47. The molecule has 4 aliphatic rings. The van der Waals surface area contributed by atoms with Crippen molar-refractivity contribution in [3.05, 3.63) is 294 Å². The number of rotatable bonds is 21. The first kappa shape index (κ1) is 100. The molecule has 16 aromatic rings. The Hall–Kier alpha value is -15.3. The first-order valence-corrected chi connectivity index (χ1v) is 47.3. The zero-order valence-electron chi connectivity index (χ0n) is 76.9. The summed E-state index contributed by atoms with van der Waals surface area (Å²) < 4.78 is 194. The van der Waals surface area contributed by atoms with Gasteiger partial charge >= 0.3 is 18.5 Å². The van der Waals surface area contributed by atoms with Crippen LogP contribution in [-0.4, -0.2) is 193 Å². The van der Waals surface area contributed by atoms with Crippen LogP contribution in [0.3, 0.4) is 0 Å². The molecule has 0 spiro atoms. The van der Waals surface area contributed by atoms with Gasteiger partial charge in [0.05, 0.1) is 80.4 Å². The number of sulfone groups is 1. The predicted octanol–water partition coefficient (Wildman–Crippen LogP) is 20.8. The van der Waals surface area contributed by atoms with Gasteiger partial charge in [-0.05, 0) is 236 Å². The highest BCUT2D eigenvalue weighted by molar-refractivity contribution is 7.91. The average Bonchev–Trinajstić information content (AvgIpc) is 1.64. The van der Waals surface area contributed by atoms with Crippen LogP contribution in [-0.2, 0) is 48.0 Å². The number of aromatic amines is 4. The number of pyridine rings is 5. The minimum Gasteiger partial charge on any atom is -0.393 e. The van der Waals surface area contributed by atoms with Crippen molar-refractivity contribution in [1.29, 1.82) is 0 Å². The maximum absolute atomic E-state index is 13.5. The van der Waals surface area contributed by atoms with E-state index in [0.717, 1.165) is 149 Å². The molecule has 0 bridgehead atoms. The number of hydrogen-bond donors (Lipinski definition) is 9. The first-order valence-electron chi connectivity index (χ1n) is 45.8. The molecule has 0 saturated carbocycles. The number of anilines is 5. The number of likely N-dealkylation sites (tertiary alicyclic amines) is 3. The van der Waals surface area contributed by atoms with E-state index >= 15 is 0 Å². The summed E-state index contributed by atoms with van der Waals surface area (Å²) in [7, 11) is -3.50. The number of nitrogens with one attached hydrogen (secondary N) is 8. The lowest BCUT2D eigenvalue weighted by atomic mass is 10.0. The Morgan fingerprint density at radius 3 is 1.03 bits per heavy atom. The number of carbonyl (C=O) groups is 4. The van der Waals surface area contributed by atoms with Gasteiger partial charge in [-0.15, -0.1) is 0 Å². The molecular weight excluding hydrogens is 1910 g/mol. The van der Waals surface area contributed by atoms with E-state index in [-0.39, 0.29) is 76.8 Å². The fourth-order valence-electron chi connectivity index (χ4n) is 17.1. The van der Waals surface area contributed by atoms with Gasteiger partial charge in [0, 0.05) is 189 Å². The molecule has 0 unspecified atom stereocenters. The second kappa shape index (κ2) is 42.1. The number of carbonyl (C=O) groups excluding carboxylic acids is 4. The van der Waals surface area contributed by atoms with Gasteiger partial charge in [-0.25, -0.2) is 31.0 Å². The number of H-pyrrole nitrogens is 4. The number of benzene rings is 7. The van der Waals surface area contributed by atoms with Gasteiger partial charge in [0.1, 0.15) is 0 Å². The summed E-state index contributed by atoms with van der Waals surface area (Å²) >= 11 is 0. The number of nitrogens with zero attached hydrogens (tertiary/aromatic N) is 13. The number of aliphatic hydroxyl groups excluding tert-OH is 1. The van der Waals surface area contributed by atoms with Crippen LogP contribution >= 0.6 is 0 Å². The number of halogens is 13. The Labute approximate surface area is 813 Å². The van der Waals surface area contributed by atoms with E-state index < -0.39 is 85.8 Å². The van der Waals surface area contributed by atoms with Gasteiger partial charge in [0.15, 0.2) is 37.6 Å². The van der Waals surface area contributed by atoms with Crippen molar-refractivity contribution < 1.29 is 89.8 Å². The molecule has 42 heteroatoms. The third kappa shape index (κ3) is 24.4. The maximum Gasteiger partial charge on any atom is 0.416 e. The molecule has 20 rings (SSSR count). The van der Waals surface area contributed by atoms with E-state index in [1.807, 2.05) is 78.0 Å². The number of aliphatic hydroxyl groups is 1. The van der Waals surface area contributed by atoms with E-state index in [2.05, 4.69) is 109 Å². The predicted molar refractivity (Wildman–Crippen MR) is 516 cm³/mol. The summed E-state index contributed by atoms with van der Waals surface area (Å²) in [6.07, 6.45) is 5.13. The van der Waals surface area contributed by atoms with E-state index in [1.165, 1.54) is 67.6 Å². The highest BCUT2D eigenvalue weighted by Gasteiger charge is 2.40. The van der Waals surface area contributed by atoms with Crippen molar-refractivity contribution in [3.8, 4) is 44.5 Å². The van der Waals surface area contributed by atoms with E-state index in [0.29, 0.717) is 82.0 Å². The van der Waals surface area contributed by atoms with Crippen molar-refractivity contribution in [2.24, 2.45) is 0 Å². The molecule has 4 fully saturated rings. The van der Waals surface area contributed by atoms with E-state index in [1.54, 1.807) is 80.2 Å². The number of alkyl halides is 13. The Bertz CT molecular complexity index is 7470. The van der Waals surface area contributed by atoms with Crippen molar-refractivity contribution >= 4 is 106 Å². The number of amides is 4. The smallest absolute Gasteiger partial charge is 0.393 e. The third-order valence-electron chi connectivity index (χ3n) is 25.0. The quantitative estimate of drug-likeness (QED) is 0.0302. The second-order valence-corrected chi connectivity index (χ2v) is 38.1.